The van der Waals surface area contributed by atoms with E-state index in [0.29, 0.717) is 17.1 Å². The number of benzene rings is 3. The highest BCUT2D eigenvalue weighted by molar-refractivity contribution is 9.13. The van der Waals surface area contributed by atoms with Crippen molar-refractivity contribution in [2.45, 2.75) is 12.7 Å². The van der Waals surface area contributed by atoms with E-state index in [0.717, 1.165) is 19.7 Å². The van der Waals surface area contributed by atoms with Crippen LogP contribution >= 0.6 is 31.9 Å². The molecule has 0 spiro atoms. The summed E-state index contributed by atoms with van der Waals surface area (Å²) in [6, 6.07) is 14.3. The van der Waals surface area contributed by atoms with Gasteiger partial charge in [-0.2, -0.15) is 0 Å². The maximum absolute atomic E-state index is 14.1. The van der Waals surface area contributed by atoms with Crippen molar-refractivity contribution in [1.29, 1.82) is 0 Å². The summed E-state index contributed by atoms with van der Waals surface area (Å²) < 4.78 is 27.9. The van der Waals surface area contributed by atoms with Gasteiger partial charge in [-0.15, -0.1) is 0 Å². The Morgan fingerprint density at radius 2 is 1.39 bits per heavy atom. The van der Waals surface area contributed by atoms with Crippen LogP contribution in [0.15, 0.2) is 57.5 Å². The molecule has 1 aliphatic rings. The monoisotopic (exact) mass is 436 g/mol. The minimum atomic E-state index is -1.17. The molecule has 4 rings (SSSR count). The van der Waals surface area contributed by atoms with Crippen LogP contribution in [0.5, 0.6) is 11.5 Å². The lowest BCUT2D eigenvalue weighted by Crippen LogP contribution is -2.32. The molecule has 0 aliphatic carbocycles. The quantitative estimate of drug-likeness (QED) is 0.454. The van der Waals surface area contributed by atoms with Gasteiger partial charge >= 0.3 is 0 Å². The van der Waals surface area contributed by atoms with E-state index in [-0.39, 0.29) is 5.82 Å². The molecule has 0 unspecified atom stereocenters. The van der Waals surface area contributed by atoms with Crippen molar-refractivity contribution in [1.82, 2.24) is 0 Å². The van der Waals surface area contributed by atoms with Crippen LogP contribution < -0.4 is 9.47 Å². The van der Waals surface area contributed by atoms with Crippen LogP contribution in [0.2, 0.25) is 0 Å². The zero-order chi connectivity index (χ0) is 16.2. The van der Waals surface area contributed by atoms with Crippen LogP contribution in [0.1, 0.15) is 12.5 Å². The molecule has 0 N–H and O–H groups in total. The van der Waals surface area contributed by atoms with E-state index in [1.807, 2.05) is 24.3 Å². The Bertz CT molecular complexity index is 889. The number of hydrogen-bond donors (Lipinski definition) is 0. The summed E-state index contributed by atoms with van der Waals surface area (Å²) in [6.07, 6.45) is 0. The van der Waals surface area contributed by atoms with Crippen molar-refractivity contribution in [2.75, 3.05) is 0 Å². The molecular formula is C18H11Br2FO2. The lowest BCUT2D eigenvalue weighted by Gasteiger charge is -2.23. The van der Waals surface area contributed by atoms with Gasteiger partial charge in [0.05, 0.1) is 5.56 Å². The fourth-order valence-corrected chi connectivity index (χ4v) is 3.51. The predicted molar refractivity (Wildman–Crippen MR) is 94.4 cm³/mol. The normalized spacial score (nSPS) is 15.1. The first-order valence-electron chi connectivity index (χ1n) is 7.02. The highest BCUT2D eigenvalue weighted by Gasteiger charge is 2.40. The van der Waals surface area contributed by atoms with Gasteiger partial charge in [-0.1, -0.05) is 12.1 Å². The number of fused-ring (bicyclic) bond motifs is 2. The minimum absolute atomic E-state index is 0.349. The summed E-state index contributed by atoms with van der Waals surface area (Å²) in [4.78, 5) is 0. The van der Waals surface area contributed by atoms with E-state index in [1.54, 1.807) is 25.1 Å². The number of ether oxygens (including phenoxy) is 2. The molecule has 23 heavy (non-hydrogen) atoms. The van der Waals surface area contributed by atoms with Crippen molar-refractivity contribution in [3.63, 3.8) is 0 Å². The SMILES string of the molecule is CC1(c2ccccc2F)Oc2cc3cc(Br)c(Br)cc3cc2O1. The molecule has 1 heterocycles. The van der Waals surface area contributed by atoms with Crippen molar-refractivity contribution in [3.05, 3.63) is 68.9 Å². The topological polar surface area (TPSA) is 18.5 Å². The summed E-state index contributed by atoms with van der Waals surface area (Å²) in [5.41, 5.74) is 0.377. The fraction of sp³-hybridized carbons (Fsp3) is 0.111. The Balaban J connectivity index is 1.83. The van der Waals surface area contributed by atoms with Crippen LogP contribution in [0, 0.1) is 5.82 Å². The third kappa shape index (κ3) is 2.42. The zero-order valence-corrected chi connectivity index (χ0v) is 15.2. The average Bonchev–Trinajstić information content (AvgIpc) is 2.83. The van der Waals surface area contributed by atoms with Gasteiger partial charge in [0.25, 0.3) is 5.79 Å². The van der Waals surface area contributed by atoms with Crippen LogP contribution in [0.25, 0.3) is 10.8 Å². The standard InChI is InChI=1S/C18H11Br2FO2/c1-18(12-4-2-3-5-15(12)21)22-16-8-10-6-13(19)14(20)7-11(10)9-17(16)23-18/h2-9H,1H3. The Morgan fingerprint density at radius 1 is 0.870 bits per heavy atom. The first-order chi connectivity index (χ1) is 11.0. The van der Waals surface area contributed by atoms with Gasteiger partial charge in [-0.25, -0.2) is 4.39 Å². The summed E-state index contributed by atoms with van der Waals surface area (Å²) >= 11 is 6.99. The molecule has 1 aliphatic heterocycles. The third-order valence-corrected chi connectivity index (χ3v) is 5.76. The molecule has 0 radical (unpaired) electrons. The Labute approximate surface area is 149 Å². The van der Waals surface area contributed by atoms with Gasteiger partial charge in [0.1, 0.15) is 5.82 Å². The van der Waals surface area contributed by atoms with Crippen LogP contribution in [-0.4, -0.2) is 0 Å². The fourth-order valence-electron chi connectivity index (χ4n) is 2.79. The van der Waals surface area contributed by atoms with Crippen molar-refractivity contribution < 1.29 is 13.9 Å². The first kappa shape index (κ1) is 15.0. The molecule has 0 bridgehead atoms. The van der Waals surface area contributed by atoms with E-state index in [1.165, 1.54) is 6.07 Å². The molecule has 0 saturated heterocycles. The third-order valence-electron chi connectivity index (χ3n) is 3.91. The van der Waals surface area contributed by atoms with Crippen molar-refractivity contribution in [3.8, 4) is 11.5 Å². The second-order valence-corrected chi connectivity index (χ2v) is 7.25. The van der Waals surface area contributed by atoms with Gasteiger partial charge in [0.15, 0.2) is 11.5 Å². The summed E-state index contributed by atoms with van der Waals surface area (Å²) in [6.45, 7) is 1.72. The Hall–Kier alpha value is -1.59. The summed E-state index contributed by atoms with van der Waals surface area (Å²) in [7, 11) is 0. The van der Waals surface area contributed by atoms with Crippen molar-refractivity contribution >= 4 is 42.6 Å². The molecule has 0 atom stereocenters. The van der Waals surface area contributed by atoms with E-state index >= 15 is 0 Å². The zero-order valence-electron chi connectivity index (χ0n) is 12.1. The molecule has 0 saturated carbocycles. The maximum Gasteiger partial charge on any atom is 0.278 e. The predicted octanol–water partition coefficient (Wildman–Crippen LogP) is 6.15. The molecule has 5 heteroatoms. The summed E-state index contributed by atoms with van der Waals surface area (Å²) in [5.74, 6) is -0.299. The lowest BCUT2D eigenvalue weighted by molar-refractivity contribution is -0.0706. The van der Waals surface area contributed by atoms with E-state index in [2.05, 4.69) is 31.9 Å². The molecule has 116 valence electrons. The Kier molecular flexibility index (Phi) is 3.39. The highest BCUT2D eigenvalue weighted by Crippen LogP contribution is 2.47. The summed E-state index contributed by atoms with van der Waals surface area (Å²) in [5, 5.41) is 2.03. The first-order valence-corrected chi connectivity index (χ1v) is 8.61. The van der Waals surface area contributed by atoms with Gasteiger partial charge in [0, 0.05) is 15.9 Å². The molecule has 3 aromatic rings. The van der Waals surface area contributed by atoms with E-state index < -0.39 is 5.79 Å². The van der Waals surface area contributed by atoms with E-state index in [4.69, 9.17) is 9.47 Å². The van der Waals surface area contributed by atoms with Gasteiger partial charge < -0.3 is 9.47 Å². The van der Waals surface area contributed by atoms with Gasteiger partial charge in [-0.3, -0.25) is 0 Å². The second kappa shape index (κ2) is 5.21. The Morgan fingerprint density at radius 3 is 1.91 bits per heavy atom. The molecule has 2 nitrogen and oxygen atoms in total. The molecular weight excluding hydrogens is 427 g/mol. The lowest BCUT2D eigenvalue weighted by atomic mass is 10.1. The highest BCUT2D eigenvalue weighted by atomic mass is 79.9. The maximum atomic E-state index is 14.1. The smallest absolute Gasteiger partial charge is 0.278 e. The average molecular weight is 438 g/mol. The molecule has 0 fully saturated rings. The van der Waals surface area contributed by atoms with Crippen LogP contribution in [0.3, 0.4) is 0 Å². The van der Waals surface area contributed by atoms with Crippen molar-refractivity contribution in [2.24, 2.45) is 0 Å². The van der Waals surface area contributed by atoms with Crippen LogP contribution in [0.4, 0.5) is 4.39 Å². The van der Waals surface area contributed by atoms with Gasteiger partial charge in [-0.05, 0) is 79.0 Å². The number of hydrogen-bond acceptors (Lipinski definition) is 2. The molecule has 3 aromatic carbocycles. The second-order valence-electron chi connectivity index (χ2n) is 5.54. The molecule has 0 amide bonds. The van der Waals surface area contributed by atoms with E-state index in [9.17, 15) is 4.39 Å². The molecule has 0 aromatic heterocycles. The van der Waals surface area contributed by atoms with Gasteiger partial charge in [0.2, 0.25) is 0 Å². The minimum Gasteiger partial charge on any atom is -0.444 e. The number of halogens is 3. The largest absolute Gasteiger partial charge is 0.444 e. The number of rotatable bonds is 1. The van der Waals surface area contributed by atoms with Crippen LogP contribution in [-0.2, 0) is 5.79 Å².